The SMILES string of the molecule is C[C@H]1C[C@@H](c2ccncc2Nc2ncc3ccc(-c4c(F)cc(OC5CCOCC5)cc4F)nn23)C[C@@H](N)[C@]1(C)O. The van der Waals surface area contributed by atoms with Crippen LogP contribution >= 0.6 is 0 Å². The molecule has 0 radical (unpaired) electrons. The lowest BCUT2D eigenvalue weighted by atomic mass is 9.68. The molecule has 9 nitrogen and oxygen atoms in total. The van der Waals surface area contributed by atoms with Crippen molar-refractivity contribution in [3.05, 3.63) is 66.1 Å². The summed E-state index contributed by atoms with van der Waals surface area (Å²) in [5, 5.41) is 18.6. The fraction of sp³-hybridized carbons (Fsp3) is 0.433. The van der Waals surface area contributed by atoms with E-state index < -0.39 is 17.2 Å². The Labute approximate surface area is 236 Å². The van der Waals surface area contributed by atoms with Gasteiger partial charge in [-0.25, -0.2) is 13.8 Å². The number of ether oxygens (including phenoxy) is 2. The molecule has 4 N–H and O–H groups in total. The molecular formula is C30H34F2N6O3. The Morgan fingerprint density at radius 2 is 1.88 bits per heavy atom. The minimum absolute atomic E-state index is 0.00649. The number of hydrogen-bond donors (Lipinski definition) is 3. The first kappa shape index (κ1) is 27.5. The van der Waals surface area contributed by atoms with Gasteiger partial charge in [-0.15, -0.1) is 0 Å². The van der Waals surface area contributed by atoms with E-state index in [4.69, 9.17) is 15.2 Å². The van der Waals surface area contributed by atoms with Crippen molar-refractivity contribution >= 4 is 17.2 Å². The van der Waals surface area contributed by atoms with Crippen molar-refractivity contribution in [1.29, 1.82) is 0 Å². The molecule has 1 aliphatic heterocycles. The van der Waals surface area contributed by atoms with Crippen LogP contribution in [0.4, 0.5) is 20.4 Å². The van der Waals surface area contributed by atoms with Crippen LogP contribution in [0.1, 0.15) is 51.0 Å². The van der Waals surface area contributed by atoms with Crippen LogP contribution in [0.3, 0.4) is 0 Å². The number of nitrogens with zero attached hydrogens (tertiary/aromatic N) is 4. The zero-order chi connectivity index (χ0) is 28.7. The van der Waals surface area contributed by atoms with Gasteiger partial charge in [0.1, 0.15) is 23.5 Å². The van der Waals surface area contributed by atoms with Gasteiger partial charge < -0.3 is 25.6 Å². The van der Waals surface area contributed by atoms with Crippen molar-refractivity contribution < 1.29 is 23.4 Å². The maximum atomic E-state index is 15.2. The van der Waals surface area contributed by atoms with Gasteiger partial charge in [0.25, 0.3) is 0 Å². The highest BCUT2D eigenvalue weighted by Gasteiger charge is 2.42. The minimum atomic E-state index is -0.934. The molecule has 2 aliphatic rings. The summed E-state index contributed by atoms with van der Waals surface area (Å²) in [5.74, 6) is -0.901. The summed E-state index contributed by atoms with van der Waals surface area (Å²) < 4.78 is 43.1. The number of pyridine rings is 1. The summed E-state index contributed by atoms with van der Waals surface area (Å²) >= 11 is 0. The maximum Gasteiger partial charge on any atom is 0.229 e. The van der Waals surface area contributed by atoms with Crippen LogP contribution in [0.5, 0.6) is 5.75 Å². The summed E-state index contributed by atoms with van der Waals surface area (Å²) in [4.78, 5) is 8.75. The topological polar surface area (TPSA) is 120 Å². The number of imidazole rings is 1. The number of fused-ring (bicyclic) bond motifs is 1. The van der Waals surface area contributed by atoms with E-state index in [1.54, 1.807) is 37.6 Å². The van der Waals surface area contributed by atoms with Crippen molar-refractivity contribution in [2.75, 3.05) is 18.5 Å². The molecule has 41 heavy (non-hydrogen) atoms. The number of hydrogen-bond acceptors (Lipinski definition) is 8. The number of halogens is 2. The molecule has 1 saturated heterocycles. The van der Waals surface area contributed by atoms with Crippen molar-refractivity contribution in [3.8, 4) is 17.0 Å². The maximum absolute atomic E-state index is 15.2. The van der Waals surface area contributed by atoms with Gasteiger partial charge in [0.2, 0.25) is 5.95 Å². The monoisotopic (exact) mass is 564 g/mol. The van der Waals surface area contributed by atoms with Gasteiger partial charge in [-0.1, -0.05) is 6.92 Å². The predicted molar refractivity (Wildman–Crippen MR) is 150 cm³/mol. The van der Waals surface area contributed by atoms with Gasteiger partial charge in [0.05, 0.1) is 53.7 Å². The zero-order valence-corrected chi connectivity index (χ0v) is 23.1. The highest BCUT2D eigenvalue weighted by Crippen LogP contribution is 2.43. The molecule has 6 rings (SSSR count). The third-order valence-electron chi connectivity index (χ3n) is 8.59. The van der Waals surface area contributed by atoms with Gasteiger partial charge in [-0.2, -0.15) is 9.61 Å². The van der Waals surface area contributed by atoms with E-state index in [2.05, 4.69) is 20.4 Å². The highest BCUT2D eigenvalue weighted by atomic mass is 19.1. The third kappa shape index (κ3) is 5.37. The molecular weight excluding hydrogens is 530 g/mol. The van der Waals surface area contributed by atoms with E-state index in [1.807, 2.05) is 13.0 Å². The van der Waals surface area contributed by atoms with Crippen molar-refractivity contribution in [3.63, 3.8) is 0 Å². The second kappa shape index (κ2) is 11.0. The molecule has 0 spiro atoms. The number of rotatable bonds is 6. The standard InChI is InChI=1S/C30H34F2N6O3/c1-17-11-18(12-27(33)30(17,2)39)22-5-8-34-16-26(22)36-29-35-15-19-3-4-25(37-38(19)29)28-23(31)13-21(14-24(28)32)41-20-6-9-40-10-7-20/h3-5,8,13-18,20,27,39H,6-7,9-12,33H2,1-2H3,(H,35,36)/t17-,18+,27+,30+/m0/s1. The molecule has 4 aromatic rings. The molecule has 3 aromatic heterocycles. The number of nitrogens with one attached hydrogen (secondary N) is 1. The second-order valence-corrected chi connectivity index (χ2v) is 11.3. The quantitative estimate of drug-likeness (QED) is 0.301. The van der Waals surface area contributed by atoms with Crippen molar-refractivity contribution in [2.24, 2.45) is 11.7 Å². The molecule has 4 atom stereocenters. The molecule has 1 saturated carbocycles. The van der Waals surface area contributed by atoms with Crippen LogP contribution in [0.15, 0.2) is 48.9 Å². The average molecular weight is 565 g/mol. The van der Waals surface area contributed by atoms with E-state index >= 15 is 8.78 Å². The van der Waals surface area contributed by atoms with Crippen LogP contribution in [0, 0.1) is 17.6 Å². The molecule has 216 valence electrons. The fourth-order valence-corrected chi connectivity index (χ4v) is 5.86. The van der Waals surface area contributed by atoms with Crippen molar-refractivity contribution in [1.82, 2.24) is 19.6 Å². The molecule has 1 aromatic carbocycles. The van der Waals surface area contributed by atoms with Crippen molar-refractivity contribution in [2.45, 2.75) is 63.2 Å². The largest absolute Gasteiger partial charge is 0.490 e. The molecule has 1 aliphatic carbocycles. The van der Waals surface area contributed by atoms with Gasteiger partial charge in [0, 0.05) is 37.2 Å². The van der Waals surface area contributed by atoms with Crippen LogP contribution in [0.2, 0.25) is 0 Å². The summed E-state index contributed by atoms with van der Waals surface area (Å²) in [7, 11) is 0. The van der Waals surface area contributed by atoms with Gasteiger partial charge >= 0.3 is 0 Å². The van der Waals surface area contributed by atoms with Gasteiger partial charge in [0.15, 0.2) is 0 Å². The molecule has 11 heteroatoms. The highest BCUT2D eigenvalue weighted by molar-refractivity contribution is 5.66. The number of anilines is 2. The first-order valence-electron chi connectivity index (χ1n) is 14.0. The van der Waals surface area contributed by atoms with Crippen LogP contribution in [0.25, 0.3) is 16.8 Å². The van der Waals surface area contributed by atoms with Crippen LogP contribution in [-0.4, -0.2) is 55.6 Å². The fourth-order valence-electron chi connectivity index (χ4n) is 5.86. The summed E-state index contributed by atoms with van der Waals surface area (Å²) in [6.07, 6.45) is 7.65. The van der Waals surface area contributed by atoms with E-state index in [0.29, 0.717) is 43.9 Å². The third-order valence-corrected chi connectivity index (χ3v) is 8.59. The summed E-state index contributed by atoms with van der Waals surface area (Å²) in [6.45, 7) is 4.93. The van der Waals surface area contributed by atoms with Crippen LogP contribution in [-0.2, 0) is 4.74 Å². The zero-order valence-electron chi connectivity index (χ0n) is 23.1. The minimum Gasteiger partial charge on any atom is -0.490 e. The first-order chi connectivity index (χ1) is 19.7. The number of nitrogens with two attached hydrogens (primary N) is 1. The summed E-state index contributed by atoms with van der Waals surface area (Å²) in [6, 6.07) is 7.24. The van der Waals surface area contributed by atoms with E-state index in [-0.39, 0.29) is 41.0 Å². The van der Waals surface area contributed by atoms with Crippen LogP contribution < -0.4 is 15.8 Å². The molecule has 0 unspecified atom stereocenters. The molecule has 0 amide bonds. The lowest BCUT2D eigenvalue weighted by molar-refractivity contribution is -0.0463. The Morgan fingerprint density at radius 3 is 2.61 bits per heavy atom. The Morgan fingerprint density at radius 1 is 1.12 bits per heavy atom. The van der Waals surface area contributed by atoms with E-state index in [1.165, 1.54) is 16.6 Å². The lowest BCUT2D eigenvalue weighted by Crippen LogP contribution is -2.54. The smallest absolute Gasteiger partial charge is 0.229 e. The Hall–Kier alpha value is -3.67. The lowest BCUT2D eigenvalue weighted by Gasteiger charge is -2.44. The normalized spacial score (nSPS) is 25.4. The average Bonchev–Trinajstić information content (AvgIpc) is 3.34. The van der Waals surface area contributed by atoms with E-state index in [0.717, 1.165) is 17.7 Å². The molecule has 0 bridgehead atoms. The molecule has 2 fully saturated rings. The van der Waals surface area contributed by atoms with Gasteiger partial charge in [-0.3, -0.25) is 4.98 Å². The summed E-state index contributed by atoms with van der Waals surface area (Å²) in [5.41, 5.74) is 7.67. The van der Waals surface area contributed by atoms with E-state index in [9.17, 15) is 5.11 Å². The molecule has 4 heterocycles. The van der Waals surface area contributed by atoms with Gasteiger partial charge in [-0.05, 0) is 55.4 Å². The number of aromatic nitrogens is 4. The second-order valence-electron chi connectivity index (χ2n) is 11.3. The number of aliphatic hydroxyl groups is 1. The predicted octanol–water partition coefficient (Wildman–Crippen LogP) is 4.96. The Balaban J connectivity index is 1.28. The Bertz CT molecular complexity index is 1520. The first-order valence-corrected chi connectivity index (χ1v) is 14.0. The Kier molecular flexibility index (Phi) is 7.35. The number of benzene rings is 1.